The highest BCUT2D eigenvalue weighted by atomic mass is 79.9. The van der Waals surface area contributed by atoms with E-state index >= 15 is 0 Å². The largest absolute Gasteiger partial charge is 0.480 e. The van der Waals surface area contributed by atoms with Crippen LogP contribution in [-0.2, 0) is 0 Å². The Morgan fingerprint density at radius 1 is 1.64 bits per heavy atom. The molecule has 0 amide bonds. The van der Waals surface area contributed by atoms with Gasteiger partial charge in [-0.05, 0) is 28.3 Å². The fraction of sp³-hybridized carbons (Fsp3) is 0.556. The van der Waals surface area contributed by atoms with Gasteiger partial charge in [-0.15, -0.1) is 0 Å². The van der Waals surface area contributed by atoms with Crippen LogP contribution < -0.4 is 10.1 Å². The fourth-order valence-corrected chi connectivity index (χ4v) is 1.61. The monoisotopic (exact) mass is 257 g/mol. The van der Waals surface area contributed by atoms with Crippen LogP contribution in [0.15, 0.2) is 10.7 Å². The number of methoxy groups -OCH3 is 1. The molecule has 1 aromatic heterocycles. The summed E-state index contributed by atoms with van der Waals surface area (Å²) >= 11 is 3.31. The standard InChI is InChI=1S/C9H12BrN3O/c1-5-3-7(5)12-9-11-4-6(10)8(13-9)14-2/h4-5,7H,3H2,1-2H3,(H,11,12,13). The highest BCUT2D eigenvalue weighted by Crippen LogP contribution is 2.32. The Kier molecular flexibility index (Phi) is 2.58. The molecule has 1 fully saturated rings. The van der Waals surface area contributed by atoms with E-state index in [1.54, 1.807) is 13.3 Å². The molecular weight excluding hydrogens is 246 g/mol. The van der Waals surface area contributed by atoms with E-state index in [4.69, 9.17) is 4.74 Å². The minimum absolute atomic E-state index is 0.529. The van der Waals surface area contributed by atoms with Crippen molar-refractivity contribution in [1.82, 2.24) is 9.97 Å². The summed E-state index contributed by atoms with van der Waals surface area (Å²) in [6, 6.07) is 0.529. The van der Waals surface area contributed by atoms with Crippen LogP contribution in [0.3, 0.4) is 0 Å². The minimum atomic E-state index is 0.529. The molecule has 0 saturated heterocycles. The Balaban J connectivity index is 2.10. The van der Waals surface area contributed by atoms with E-state index in [-0.39, 0.29) is 0 Å². The van der Waals surface area contributed by atoms with Crippen molar-refractivity contribution in [3.63, 3.8) is 0 Å². The molecule has 14 heavy (non-hydrogen) atoms. The lowest BCUT2D eigenvalue weighted by atomic mass is 10.5. The van der Waals surface area contributed by atoms with E-state index in [9.17, 15) is 0 Å². The lowest BCUT2D eigenvalue weighted by molar-refractivity contribution is 0.394. The summed E-state index contributed by atoms with van der Waals surface area (Å²) in [4.78, 5) is 8.37. The summed E-state index contributed by atoms with van der Waals surface area (Å²) in [6.07, 6.45) is 2.89. The van der Waals surface area contributed by atoms with Crippen LogP contribution in [0.5, 0.6) is 5.88 Å². The Hall–Kier alpha value is -0.840. The molecule has 1 aromatic rings. The van der Waals surface area contributed by atoms with Crippen LogP contribution in [0.1, 0.15) is 13.3 Å². The van der Waals surface area contributed by atoms with Gasteiger partial charge < -0.3 is 10.1 Å². The average molecular weight is 258 g/mol. The third-order valence-electron chi connectivity index (χ3n) is 2.33. The first-order chi connectivity index (χ1) is 6.70. The third kappa shape index (κ3) is 1.97. The van der Waals surface area contributed by atoms with E-state index in [0.717, 1.165) is 10.4 Å². The lowest BCUT2D eigenvalue weighted by Gasteiger charge is -2.05. The van der Waals surface area contributed by atoms with Crippen molar-refractivity contribution in [2.45, 2.75) is 19.4 Å². The van der Waals surface area contributed by atoms with Gasteiger partial charge in [-0.2, -0.15) is 4.98 Å². The molecule has 0 bridgehead atoms. The predicted molar refractivity (Wildman–Crippen MR) is 57.5 cm³/mol. The summed E-state index contributed by atoms with van der Waals surface area (Å²) < 4.78 is 5.85. The van der Waals surface area contributed by atoms with Crippen molar-refractivity contribution in [2.24, 2.45) is 5.92 Å². The first-order valence-electron chi connectivity index (χ1n) is 4.53. The van der Waals surface area contributed by atoms with E-state index in [1.807, 2.05) is 0 Å². The van der Waals surface area contributed by atoms with Gasteiger partial charge in [0.15, 0.2) is 0 Å². The third-order valence-corrected chi connectivity index (χ3v) is 2.87. The molecule has 5 heteroatoms. The smallest absolute Gasteiger partial charge is 0.232 e. The van der Waals surface area contributed by atoms with Gasteiger partial charge in [0.25, 0.3) is 0 Å². The highest BCUT2D eigenvalue weighted by Gasteiger charge is 2.33. The van der Waals surface area contributed by atoms with Crippen molar-refractivity contribution in [3.8, 4) is 5.88 Å². The van der Waals surface area contributed by atoms with Crippen molar-refractivity contribution in [2.75, 3.05) is 12.4 Å². The zero-order chi connectivity index (χ0) is 10.1. The van der Waals surface area contributed by atoms with Crippen LogP contribution in [0.4, 0.5) is 5.95 Å². The SMILES string of the molecule is COc1nc(NC2CC2C)ncc1Br. The van der Waals surface area contributed by atoms with E-state index in [1.165, 1.54) is 6.42 Å². The maximum atomic E-state index is 5.08. The van der Waals surface area contributed by atoms with Gasteiger partial charge in [0.2, 0.25) is 11.8 Å². The topological polar surface area (TPSA) is 47.0 Å². The summed E-state index contributed by atoms with van der Waals surface area (Å²) in [5.74, 6) is 1.93. The number of ether oxygens (including phenoxy) is 1. The zero-order valence-electron chi connectivity index (χ0n) is 8.12. The van der Waals surface area contributed by atoms with E-state index in [0.29, 0.717) is 17.9 Å². The number of nitrogens with zero attached hydrogens (tertiary/aromatic N) is 2. The first-order valence-corrected chi connectivity index (χ1v) is 5.33. The van der Waals surface area contributed by atoms with Gasteiger partial charge in [0.1, 0.15) is 0 Å². The van der Waals surface area contributed by atoms with Crippen LogP contribution in [0.25, 0.3) is 0 Å². The second-order valence-corrected chi connectivity index (χ2v) is 4.37. The first kappa shape index (κ1) is 9.71. The van der Waals surface area contributed by atoms with Gasteiger partial charge in [-0.25, -0.2) is 4.98 Å². The fourth-order valence-electron chi connectivity index (χ4n) is 1.25. The van der Waals surface area contributed by atoms with Crippen LogP contribution in [-0.4, -0.2) is 23.1 Å². The second kappa shape index (κ2) is 3.73. The lowest BCUT2D eigenvalue weighted by Crippen LogP contribution is -2.07. The van der Waals surface area contributed by atoms with Crippen molar-refractivity contribution in [1.29, 1.82) is 0 Å². The molecule has 1 heterocycles. The van der Waals surface area contributed by atoms with Crippen molar-refractivity contribution in [3.05, 3.63) is 10.7 Å². The molecule has 1 aliphatic rings. The highest BCUT2D eigenvalue weighted by molar-refractivity contribution is 9.10. The summed E-state index contributed by atoms with van der Waals surface area (Å²) in [7, 11) is 1.59. The zero-order valence-corrected chi connectivity index (χ0v) is 9.71. The quantitative estimate of drug-likeness (QED) is 0.901. The Morgan fingerprint density at radius 3 is 2.93 bits per heavy atom. The van der Waals surface area contributed by atoms with Gasteiger partial charge in [-0.3, -0.25) is 0 Å². The molecule has 2 atom stereocenters. The van der Waals surface area contributed by atoms with Crippen molar-refractivity contribution < 1.29 is 4.74 Å². The number of nitrogens with one attached hydrogen (secondary N) is 1. The van der Waals surface area contributed by atoms with Crippen molar-refractivity contribution >= 4 is 21.9 Å². The second-order valence-electron chi connectivity index (χ2n) is 3.51. The maximum absolute atomic E-state index is 5.08. The molecule has 0 aliphatic heterocycles. The molecule has 1 aliphatic carbocycles. The molecular formula is C9H12BrN3O. The Bertz CT molecular complexity index is 345. The molecule has 1 N–H and O–H groups in total. The maximum Gasteiger partial charge on any atom is 0.232 e. The van der Waals surface area contributed by atoms with Gasteiger partial charge in [0.05, 0.1) is 17.8 Å². The van der Waals surface area contributed by atoms with Gasteiger partial charge in [0, 0.05) is 6.04 Å². The minimum Gasteiger partial charge on any atom is -0.480 e. The summed E-state index contributed by atoms with van der Waals surface area (Å²) in [6.45, 7) is 2.20. The number of hydrogen-bond donors (Lipinski definition) is 1. The Labute approximate surface area is 91.2 Å². The average Bonchev–Trinajstić information content (AvgIpc) is 2.85. The molecule has 2 rings (SSSR count). The predicted octanol–water partition coefficient (Wildman–Crippen LogP) is 2.07. The van der Waals surface area contributed by atoms with Gasteiger partial charge in [-0.1, -0.05) is 6.92 Å². The van der Waals surface area contributed by atoms with Gasteiger partial charge >= 0.3 is 0 Å². The number of aromatic nitrogens is 2. The Morgan fingerprint density at radius 2 is 2.36 bits per heavy atom. The van der Waals surface area contributed by atoms with Crippen LogP contribution in [0, 0.1) is 5.92 Å². The number of hydrogen-bond acceptors (Lipinski definition) is 4. The number of anilines is 1. The van der Waals surface area contributed by atoms with E-state index < -0.39 is 0 Å². The molecule has 2 unspecified atom stereocenters. The molecule has 4 nitrogen and oxygen atoms in total. The molecule has 0 aromatic carbocycles. The molecule has 0 spiro atoms. The number of halogens is 1. The molecule has 1 saturated carbocycles. The summed E-state index contributed by atoms with van der Waals surface area (Å²) in [5, 5.41) is 3.24. The molecule has 76 valence electrons. The van der Waals surface area contributed by atoms with Crippen LogP contribution >= 0.6 is 15.9 Å². The molecule has 0 radical (unpaired) electrons. The van der Waals surface area contributed by atoms with Crippen LogP contribution in [0.2, 0.25) is 0 Å². The normalized spacial score (nSPS) is 24.5. The van der Waals surface area contributed by atoms with E-state index in [2.05, 4.69) is 38.1 Å². The summed E-state index contributed by atoms with van der Waals surface area (Å²) in [5.41, 5.74) is 0. The number of rotatable bonds is 3.